The summed E-state index contributed by atoms with van der Waals surface area (Å²) < 4.78 is 36.5. The lowest BCUT2D eigenvalue weighted by molar-refractivity contribution is -0.136. The van der Waals surface area contributed by atoms with Gasteiger partial charge in [0.2, 0.25) is 0 Å². The number of sulfone groups is 1. The highest BCUT2D eigenvalue weighted by Gasteiger charge is 2.21. The van der Waals surface area contributed by atoms with Crippen molar-refractivity contribution < 1.29 is 32.4 Å². The summed E-state index contributed by atoms with van der Waals surface area (Å²) in [5.74, 6) is -0.874. The number of nitrogens with one attached hydrogen (secondary N) is 1. The van der Waals surface area contributed by atoms with Crippen molar-refractivity contribution in [1.82, 2.24) is 5.16 Å². The van der Waals surface area contributed by atoms with Crippen LogP contribution in [0.4, 0.5) is 10.5 Å². The molecule has 1 unspecified atom stereocenters. The van der Waals surface area contributed by atoms with Gasteiger partial charge in [-0.15, -0.1) is 0 Å². The number of amides is 1. The van der Waals surface area contributed by atoms with Crippen LogP contribution in [-0.4, -0.2) is 30.7 Å². The van der Waals surface area contributed by atoms with Crippen LogP contribution in [-0.2, 0) is 31.5 Å². The molecule has 9 nitrogen and oxygen atoms in total. The quantitative estimate of drug-likeness (QED) is 0.243. The number of carboxylic acid groups (broad SMARTS) is 1. The number of aryl methyl sites for hydroxylation is 1. The molecular weight excluding hydrogens is 544 g/mol. The molecule has 1 atom stereocenters. The largest absolute Gasteiger partial charge is 0.481 e. The third-order valence-corrected chi connectivity index (χ3v) is 7.99. The molecule has 202 valence electrons. The van der Waals surface area contributed by atoms with Gasteiger partial charge in [0, 0.05) is 16.1 Å². The van der Waals surface area contributed by atoms with Gasteiger partial charge >= 0.3 is 12.1 Å². The van der Waals surface area contributed by atoms with Crippen molar-refractivity contribution in [2.45, 2.75) is 37.0 Å². The average Bonchev–Trinajstić information content (AvgIpc) is 3.24. The van der Waals surface area contributed by atoms with Gasteiger partial charge in [0.1, 0.15) is 17.5 Å². The SMILES string of the molecule is Cc1onc(-c2ccc(CS(=O)(=O)c3ccc(CC(=O)O)cc3)cc2)c1NC(=O)OC(C)c1ccccc1Cl. The fourth-order valence-corrected chi connectivity index (χ4v) is 5.57. The molecule has 0 saturated carbocycles. The van der Waals surface area contributed by atoms with E-state index in [1.165, 1.54) is 24.3 Å². The maximum Gasteiger partial charge on any atom is 0.412 e. The summed E-state index contributed by atoms with van der Waals surface area (Å²) in [5.41, 5.74) is 3.00. The van der Waals surface area contributed by atoms with Crippen LogP contribution in [0.25, 0.3) is 11.3 Å². The van der Waals surface area contributed by atoms with Crippen LogP contribution in [0.5, 0.6) is 0 Å². The second-order valence-electron chi connectivity index (χ2n) is 8.83. The summed E-state index contributed by atoms with van der Waals surface area (Å²) >= 11 is 6.19. The van der Waals surface area contributed by atoms with Crippen LogP contribution in [0, 0.1) is 6.92 Å². The van der Waals surface area contributed by atoms with E-state index in [0.29, 0.717) is 44.4 Å². The molecule has 1 aromatic heterocycles. The van der Waals surface area contributed by atoms with Gasteiger partial charge in [-0.3, -0.25) is 10.1 Å². The number of benzene rings is 3. The van der Waals surface area contributed by atoms with Crippen molar-refractivity contribution in [2.24, 2.45) is 0 Å². The highest BCUT2D eigenvalue weighted by atomic mass is 35.5. The minimum Gasteiger partial charge on any atom is -0.481 e. The molecule has 0 bridgehead atoms. The highest BCUT2D eigenvalue weighted by molar-refractivity contribution is 7.90. The highest BCUT2D eigenvalue weighted by Crippen LogP contribution is 2.32. The average molecular weight is 569 g/mol. The summed E-state index contributed by atoms with van der Waals surface area (Å²) in [6.45, 7) is 3.35. The number of nitrogens with zero attached hydrogens (tertiary/aromatic N) is 1. The Kier molecular flexibility index (Phi) is 8.37. The summed E-state index contributed by atoms with van der Waals surface area (Å²) in [4.78, 5) is 23.6. The number of ether oxygens (including phenoxy) is 1. The molecule has 2 N–H and O–H groups in total. The van der Waals surface area contributed by atoms with Crippen molar-refractivity contribution in [3.63, 3.8) is 0 Å². The lowest BCUT2D eigenvalue weighted by atomic mass is 10.1. The number of hydrogen-bond donors (Lipinski definition) is 2. The van der Waals surface area contributed by atoms with Crippen molar-refractivity contribution in [3.8, 4) is 11.3 Å². The van der Waals surface area contributed by atoms with Gasteiger partial charge in [-0.25, -0.2) is 13.2 Å². The number of aromatic nitrogens is 1. The standard InChI is InChI=1S/C28H25ClN2O7S/c1-17(23-5-3-4-6-24(23)29)37-28(34)30-26-18(2)38-31-27(26)21-11-7-20(8-12-21)16-39(35,36)22-13-9-19(10-14-22)15-25(32)33/h3-14,17H,15-16H2,1-2H3,(H,30,34)(H,32,33). The molecule has 4 rings (SSSR count). The topological polar surface area (TPSA) is 136 Å². The Morgan fingerprint density at radius 3 is 2.31 bits per heavy atom. The Hall–Kier alpha value is -4.15. The predicted octanol–water partition coefficient (Wildman–Crippen LogP) is 6.21. The molecule has 0 aliphatic carbocycles. The van der Waals surface area contributed by atoms with E-state index in [2.05, 4.69) is 10.5 Å². The maximum absolute atomic E-state index is 12.9. The Bertz CT molecular complexity index is 1600. The summed E-state index contributed by atoms with van der Waals surface area (Å²) in [7, 11) is -3.66. The van der Waals surface area contributed by atoms with E-state index in [4.69, 9.17) is 26.0 Å². The molecule has 4 aromatic rings. The third-order valence-electron chi connectivity index (χ3n) is 5.94. The molecule has 0 spiro atoms. The minimum absolute atomic E-state index is 0.101. The zero-order chi connectivity index (χ0) is 28.2. The van der Waals surface area contributed by atoms with Crippen molar-refractivity contribution in [3.05, 3.63) is 100 Å². The van der Waals surface area contributed by atoms with E-state index in [-0.39, 0.29) is 17.1 Å². The Morgan fingerprint density at radius 1 is 1.03 bits per heavy atom. The fourth-order valence-electron chi connectivity index (χ4n) is 3.93. The first-order valence-corrected chi connectivity index (χ1v) is 13.9. The summed E-state index contributed by atoms with van der Waals surface area (Å²) in [5, 5.41) is 16.1. The number of carbonyl (C=O) groups is 2. The lowest BCUT2D eigenvalue weighted by Crippen LogP contribution is -2.17. The molecule has 1 amide bonds. The van der Waals surface area contributed by atoms with Gasteiger partial charge in [0.15, 0.2) is 15.6 Å². The van der Waals surface area contributed by atoms with E-state index < -0.39 is 28.0 Å². The van der Waals surface area contributed by atoms with Crippen LogP contribution in [0.15, 0.2) is 82.2 Å². The van der Waals surface area contributed by atoms with Crippen molar-refractivity contribution >= 4 is 39.2 Å². The van der Waals surface area contributed by atoms with Gasteiger partial charge in [-0.2, -0.15) is 0 Å². The second-order valence-corrected chi connectivity index (χ2v) is 11.2. The summed E-state index contributed by atoms with van der Waals surface area (Å²) in [6.07, 6.45) is -1.50. The molecule has 1 heterocycles. The third kappa shape index (κ3) is 6.84. The van der Waals surface area contributed by atoms with Gasteiger partial charge in [0.25, 0.3) is 0 Å². The van der Waals surface area contributed by atoms with E-state index >= 15 is 0 Å². The molecule has 0 aliphatic rings. The van der Waals surface area contributed by atoms with E-state index in [1.807, 2.05) is 0 Å². The van der Waals surface area contributed by atoms with Crippen molar-refractivity contribution in [2.75, 3.05) is 5.32 Å². The normalized spacial score (nSPS) is 12.1. The first kappa shape index (κ1) is 27.9. The Balaban J connectivity index is 1.45. The number of carboxylic acids is 1. The zero-order valence-electron chi connectivity index (χ0n) is 21.0. The zero-order valence-corrected chi connectivity index (χ0v) is 22.6. The van der Waals surface area contributed by atoms with Gasteiger partial charge < -0.3 is 14.4 Å². The number of carbonyl (C=O) groups excluding carboxylic acids is 1. The smallest absolute Gasteiger partial charge is 0.412 e. The maximum atomic E-state index is 12.9. The van der Waals surface area contributed by atoms with Crippen LogP contribution in [0.2, 0.25) is 5.02 Å². The molecule has 11 heteroatoms. The molecule has 39 heavy (non-hydrogen) atoms. The number of rotatable bonds is 9. The first-order valence-electron chi connectivity index (χ1n) is 11.8. The Morgan fingerprint density at radius 2 is 1.67 bits per heavy atom. The van der Waals surface area contributed by atoms with E-state index in [0.717, 1.165) is 0 Å². The van der Waals surface area contributed by atoms with Crippen LogP contribution >= 0.6 is 11.6 Å². The number of anilines is 1. The van der Waals surface area contributed by atoms with Crippen molar-refractivity contribution in [1.29, 1.82) is 0 Å². The molecule has 0 radical (unpaired) electrons. The van der Waals surface area contributed by atoms with Gasteiger partial charge in [-0.05, 0) is 43.2 Å². The fraction of sp³-hybridized carbons (Fsp3) is 0.179. The minimum atomic E-state index is -3.66. The molecule has 0 saturated heterocycles. The lowest BCUT2D eigenvalue weighted by Gasteiger charge is -2.15. The van der Waals surface area contributed by atoms with Crippen LogP contribution in [0.3, 0.4) is 0 Å². The van der Waals surface area contributed by atoms with Gasteiger partial charge in [0.05, 0.1) is 17.1 Å². The second kappa shape index (κ2) is 11.7. The molecule has 3 aromatic carbocycles. The summed E-state index contributed by atoms with van der Waals surface area (Å²) in [6, 6.07) is 19.5. The van der Waals surface area contributed by atoms with E-state index in [1.54, 1.807) is 62.4 Å². The Labute approximate surface area is 230 Å². The van der Waals surface area contributed by atoms with Crippen LogP contribution < -0.4 is 5.32 Å². The first-order chi connectivity index (χ1) is 18.5. The number of hydrogen-bond acceptors (Lipinski definition) is 7. The number of halogens is 1. The molecule has 0 aliphatic heterocycles. The van der Waals surface area contributed by atoms with Crippen LogP contribution in [0.1, 0.15) is 35.5 Å². The van der Waals surface area contributed by atoms with E-state index in [9.17, 15) is 18.0 Å². The van der Waals surface area contributed by atoms with Gasteiger partial charge in [-0.1, -0.05) is 71.4 Å². The number of aliphatic carboxylic acids is 1. The molecular formula is C28H25ClN2O7S. The molecule has 0 fully saturated rings. The monoisotopic (exact) mass is 568 g/mol. The predicted molar refractivity (Wildman–Crippen MR) is 145 cm³/mol.